The van der Waals surface area contributed by atoms with Crippen molar-refractivity contribution in [3.8, 4) is 5.75 Å². The zero-order valence-corrected chi connectivity index (χ0v) is 16.2. The van der Waals surface area contributed by atoms with Crippen LogP contribution in [-0.2, 0) is 10.2 Å². The Morgan fingerprint density at radius 2 is 1.77 bits per heavy atom. The highest BCUT2D eigenvalue weighted by Gasteiger charge is 2.12. The van der Waals surface area contributed by atoms with Crippen LogP contribution in [0.5, 0.6) is 5.75 Å². The fourth-order valence-corrected chi connectivity index (χ4v) is 2.51. The number of amides is 1. The van der Waals surface area contributed by atoms with Gasteiger partial charge in [-0.1, -0.05) is 77.1 Å². The van der Waals surface area contributed by atoms with E-state index in [-0.39, 0.29) is 17.9 Å². The van der Waals surface area contributed by atoms with Crippen molar-refractivity contribution in [2.75, 3.05) is 6.61 Å². The molecule has 2 aromatic carbocycles. The van der Waals surface area contributed by atoms with Gasteiger partial charge in [-0.2, -0.15) is 5.10 Å². The van der Waals surface area contributed by atoms with Gasteiger partial charge >= 0.3 is 0 Å². The van der Waals surface area contributed by atoms with Crippen LogP contribution in [0.2, 0.25) is 0 Å². The summed E-state index contributed by atoms with van der Waals surface area (Å²) < 4.78 is 5.63. The minimum Gasteiger partial charge on any atom is -0.483 e. The lowest BCUT2D eigenvalue weighted by Gasteiger charge is -2.18. The third kappa shape index (κ3) is 5.73. The molecule has 1 amide bonds. The second-order valence-electron chi connectivity index (χ2n) is 7.65. The molecule has 26 heavy (non-hydrogen) atoms. The van der Waals surface area contributed by atoms with Crippen LogP contribution in [-0.4, -0.2) is 18.7 Å². The fourth-order valence-electron chi connectivity index (χ4n) is 2.51. The van der Waals surface area contributed by atoms with E-state index in [1.54, 1.807) is 6.21 Å². The Hall–Kier alpha value is -2.62. The number of hydrogen-bond acceptors (Lipinski definition) is 3. The molecular formula is C22H28N2O2. The van der Waals surface area contributed by atoms with Gasteiger partial charge in [-0.15, -0.1) is 0 Å². The van der Waals surface area contributed by atoms with E-state index in [2.05, 4.69) is 57.3 Å². The minimum atomic E-state index is -0.286. The molecular weight excluding hydrogens is 324 g/mol. The Morgan fingerprint density at radius 3 is 2.38 bits per heavy atom. The van der Waals surface area contributed by atoms with Crippen LogP contribution in [0.15, 0.2) is 53.6 Å². The maximum Gasteiger partial charge on any atom is 0.277 e. The predicted molar refractivity (Wildman–Crippen MR) is 107 cm³/mol. The highest BCUT2D eigenvalue weighted by molar-refractivity contribution is 5.83. The van der Waals surface area contributed by atoms with Crippen LogP contribution in [0.3, 0.4) is 0 Å². The summed E-state index contributed by atoms with van der Waals surface area (Å²) in [6, 6.07) is 15.9. The van der Waals surface area contributed by atoms with Crippen LogP contribution in [0.25, 0.3) is 0 Å². The number of carbonyl (C=O) groups excluding carboxylic acids is 1. The van der Waals surface area contributed by atoms with Crippen molar-refractivity contribution in [2.24, 2.45) is 5.10 Å². The van der Waals surface area contributed by atoms with E-state index < -0.39 is 0 Å². The fraction of sp³-hybridized carbons (Fsp3) is 0.364. The standard InChI is InChI=1S/C22H28N2O2/c1-16(2)19-8-6-7-9-20(19)26-15-21(25)24-23-14-17-10-12-18(13-11-17)22(3,4)5/h6-14,16H,15H2,1-5H3,(H,24,25)/b23-14+. The molecule has 0 unspecified atom stereocenters. The van der Waals surface area contributed by atoms with E-state index in [4.69, 9.17) is 4.74 Å². The summed E-state index contributed by atoms with van der Waals surface area (Å²) in [6.45, 7) is 10.6. The SMILES string of the molecule is CC(C)c1ccccc1OCC(=O)N/N=C/c1ccc(C(C)(C)C)cc1. The summed E-state index contributed by atoms with van der Waals surface area (Å²) in [7, 11) is 0. The van der Waals surface area contributed by atoms with Gasteiger partial charge in [-0.05, 0) is 34.1 Å². The number of hydrazone groups is 1. The maximum atomic E-state index is 11.9. The van der Waals surface area contributed by atoms with Crippen molar-refractivity contribution >= 4 is 12.1 Å². The topological polar surface area (TPSA) is 50.7 Å². The summed E-state index contributed by atoms with van der Waals surface area (Å²) in [5, 5.41) is 4.00. The van der Waals surface area contributed by atoms with Crippen molar-refractivity contribution in [2.45, 2.75) is 46.0 Å². The third-order valence-corrected chi connectivity index (χ3v) is 4.08. The summed E-state index contributed by atoms with van der Waals surface area (Å²) >= 11 is 0. The first-order chi connectivity index (χ1) is 12.3. The van der Waals surface area contributed by atoms with Crippen molar-refractivity contribution < 1.29 is 9.53 Å². The second kappa shape index (κ2) is 8.65. The largest absolute Gasteiger partial charge is 0.483 e. The number of carbonyl (C=O) groups is 1. The molecule has 1 N–H and O–H groups in total. The van der Waals surface area contributed by atoms with Crippen LogP contribution in [0.4, 0.5) is 0 Å². The molecule has 0 bridgehead atoms. The van der Waals surface area contributed by atoms with Gasteiger partial charge in [0.1, 0.15) is 5.75 Å². The van der Waals surface area contributed by atoms with Gasteiger partial charge in [-0.25, -0.2) is 5.43 Å². The van der Waals surface area contributed by atoms with Crippen LogP contribution in [0, 0.1) is 0 Å². The van der Waals surface area contributed by atoms with E-state index in [1.807, 2.05) is 36.4 Å². The molecule has 0 heterocycles. The molecule has 0 saturated heterocycles. The Morgan fingerprint density at radius 1 is 1.12 bits per heavy atom. The minimum absolute atomic E-state index is 0.0654. The lowest BCUT2D eigenvalue weighted by Crippen LogP contribution is -2.24. The zero-order valence-electron chi connectivity index (χ0n) is 16.2. The van der Waals surface area contributed by atoms with Crippen LogP contribution < -0.4 is 10.2 Å². The Kier molecular flexibility index (Phi) is 6.56. The number of benzene rings is 2. The highest BCUT2D eigenvalue weighted by atomic mass is 16.5. The van der Waals surface area contributed by atoms with E-state index in [1.165, 1.54) is 5.56 Å². The van der Waals surface area contributed by atoms with Gasteiger partial charge in [0.2, 0.25) is 0 Å². The second-order valence-corrected chi connectivity index (χ2v) is 7.65. The van der Waals surface area contributed by atoms with E-state index in [9.17, 15) is 4.79 Å². The van der Waals surface area contributed by atoms with Gasteiger partial charge in [-0.3, -0.25) is 4.79 Å². The molecule has 138 valence electrons. The number of para-hydroxylation sites is 1. The molecule has 2 rings (SSSR count). The third-order valence-electron chi connectivity index (χ3n) is 4.08. The molecule has 0 aliphatic carbocycles. The summed E-state index contributed by atoms with van der Waals surface area (Å²) in [5.41, 5.74) is 5.90. The lowest BCUT2D eigenvalue weighted by atomic mass is 9.87. The maximum absolute atomic E-state index is 11.9. The molecule has 2 aromatic rings. The van der Waals surface area contributed by atoms with Crippen LogP contribution in [0.1, 0.15) is 57.2 Å². The number of hydrogen-bond donors (Lipinski definition) is 1. The van der Waals surface area contributed by atoms with E-state index >= 15 is 0 Å². The summed E-state index contributed by atoms with van der Waals surface area (Å²) in [5.74, 6) is 0.786. The van der Waals surface area contributed by atoms with Gasteiger partial charge in [0.25, 0.3) is 5.91 Å². The molecule has 0 aromatic heterocycles. The van der Waals surface area contributed by atoms with Crippen molar-refractivity contribution in [3.63, 3.8) is 0 Å². The molecule has 4 heteroatoms. The van der Waals surface area contributed by atoms with Gasteiger partial charge < -0.3 is 4.74 Å². The van der Waals surface area contributed by atoms with Crippen molar-refractivity contribution in [1.82, 2.24) is 5.43 Å². The first-order valence-corrected chi connectivity index (χ1v) is 8.91. The number of nitrogens with zero attached hydrogens (tertiary/aromatic N) is 1. The van der Waals surface area contributed by atoms with Crippen LogP contribution >= 0.6 is 0 Å². The average molecular weight is 352 g/mol. The average Bonchev–Trinajstić information content (AvgIpc) is 2.60. The van der Waals surface area contributed by atoms with E-state index in [0.29, 0.717) is 5.92 Å². The smallest absolute Gasteiger partial charge is 0.277 e. The normalized spacial score (nSPS) is 11.8. The molecule has 0 radical (unpaired) electrons. The number of nitrogens with one attached hydrogen (secondary N) is 1. The first-order valence-electron chi connectivity index (χ1n) is 8.91. The number of rotatable bonds is 6. The molecule has 0 fully saturated rings. The summed E-state index contributed by atoms with van der Waals surface area (Å²) in [6.07, 6.45) is 1.63. The highest BCUT2D eigenvalue weighted by Crippen LogP contribution is 2.25. The summed E-state index contributed by atoms with van der Waals surface area (Å²) in [4.78, 5) is 11.9. The van der Waals surface area contributed by atoms with Gasteiger partial charge in [0, 0.05) is 0 Å². The quantitative estimate of drug-likeness (QED) is 0.608. The Bertz CT molecular complexity index is 756. The lowest BCUT2D eigenvalue weighted by molar-refractivity contribution is -0.123. The van der Waals surface area contributed by atoms with Gasteiger partial charge in [0.15, 0.2) is 6.61 Å². The van der Waals surface area contributed by atoms with Crippen molar-refractivity contribution in [3.05, 3.63) is 65.2 Å². The Balaban J connectivity index is 1.86. The molecule has 0 spiro atoms. The zero-order chi connectivity index (χ0) is 19.2. The molecule has 0 saturated carbocycles. The first kappa shape index (κ1) is 19.7. The molecule has 0 atom stereocenters. The molecule has 0 aliphatic heterocycles. The molecule has 4 nitrogen and oxygen atoms in total. The van der Waals surface area contributed by atoms with E-state index in [0.717, 1.165) is 16.9 Å². The number of ether oxygens (including phenoxy) is 1. The van der Waals surface area contributed by atoms with Gasteiger partial charge in [0.05, 0.1) is 6.21 Å². The monoisotopic (exact) mass is 352 g/mol. The Labute approximate surface area is 156 Å². The predicted octanol–water partition coefficient (Wildman–Crippen LogP) is 4.64. The van der Waals surface area contributed by atoms with Crippen molar-refractivity contribution in [1.29, 1.82) is 0 Å². The molecule has 0 aliphatic rings.